The van der Waals surface area contributed by atoms with E-state index in [0.29, 0.717) is 17.5 Å². The van der Waals surface area contributed by atoms with E-state index in [0.717, 1.165) is 25.8 Å². The van der Waals surface area contributed by atoms with Gasteiger partial charge in [-0.05, 0) is 24.7 Å². The first-order valence-electron chi connectivity index (χ1n) is 5.89. The van der Waals surface area contributed by atoms with Crippen molar-refractivity contribution in [2.45, 2.75) is 39.2 Å². The molecule has 0 unspecified atom stereocenters. The van der Waals surface area contributed by atoms with Crippen molar-refractivity contribution in [2.24, 2.45) is 5.41 Å². The van der Waals surface area contributed by atoms with Crippen LogP contribution in [0, 0.1) is 5.41 Å². The van der Waals surface area contributed by atoms with E-state index in [-0.39, 0.29) is 12.0 Å². The predicted molar refractivity (Wildman–Crippen MR) is 65.2 cm³/mol. The van der Waals surface area contributed by atoms with Gasteiger partial charge in [0.1, 0.15) is 9.84 Å². The van der Waals surface area contributed by atoms with Gasteiger partial charge in [0.2, 0.25) is 0 Å². The first-order chi connectivity index (χ1) is 7.35. The van der Waals surface area contributed by atoms with Gasteiger partial charge in [-0.15, -0.1) is 0 Å². The molecule has 1 heterocycles. The van der Waals surface area contributed by atoms with Crippen LogP contribution >= 0.6 is 0 Å². The van der Waals surface area contributed by atoms with Gasteiger partial charge in [-0.3, -0.25) is 0 Å². The molecule has 96 valence electrons. The first-order valence-corrected chi connectivity index (χ1v) is 7.71. The quantitative estimate of drug-likeness (QED) is 0.747. The number of hydrogen-bond acceptors (Lipinski definition) is 4. The lowest BCUT2D eigenvalue weighted by Gasteiger charge is -2.29. The van der Waals surface area contributed by atoms with Crippen molar-refractivity contribution in [3.8, 4) is 0 Å². The van der Waals surface area contributed by atoms with E-state index in [1.54, 1.807) is 0 Å². The van der Waals surface area contributed by atoms with Crippen LogP contribution in [-0.2, 0) is 9.84 Å². The van der Waals surface area contributed by atoms with Gasteiger partial charge in [0, 0.05) is 19.2 Å². The first kappa shape index (κ1) is 13.9. The van der Waals surface area contributed by atoms with Gasteiger partial charge in [-0.25, -0.2) is 8.42 Å². The van der Waals surface area contributed by atoms with E-state index in [4.69, 9.17) is 5.11 Å². The zero-order chi connectivity index (χ0) is 12.2. The van der Waals surface area contributed by atoms with Gasteiger partial charge in [0.25, 0.3) is 0 Å². The average molecular weight is 249 g/mol. The molecule has 5 heteroatoms. The molecule has 2 N–H and O–H groups in total. The van der Waals surface area contributed by atoms with Gasteiger partial charge >= 0.3 is 0 Å². The summed E-state index contributed by atoms with van der Waals surface area (Å²) >= 11 is 0. The Morgan fingerprint density at radius 1 is 1.31 bits per heavy atom. The summed E-state index contributed by atoms with van der Waals surface area (Å²) < 4.78 is 22.5. The molecule has 0 aromatic heterocycles. The number of aliphatic hydroxyl groups is 1. The largest absolute Gasteiger partial charge is 0.396 e. The van der Waals surface area contributed by atoms with E-state index in [2.05, 4.69) is 19.2 Å². The van der Waals surface area contributed by atoms with Crippen molar-refractivity contribution in [1.82, 2.24) is 5.32 Å². The minimum absolute atomic E-state index is 0.0745. The fourth-order valence-corrected chi connectivity index (χ4v) is 3.40. The smallest absolute Gasteiger partial charge is 0.150 e. The van der Waals surface area contributed by atoms with Gasteiger partial charge in [-0.2, -0.15) is 0 Å². The molecule has 1 saturated heterocycles. The Hall–Kier alpha value is -0.130. The van der Waals surface area contributed by atoms with Crippen molar-refractivity contribution < 1.29 is 13.5 Å². The van der Waals surface area contributed by atoms with E-state index < -0.39 is 9.84 Å². The molecule has 0 aromatic rings. The zero-order valence-electron chi connectivity index (χ0n) is 10.2. The monoisotopic (exact) mass is 249 g/mol. The fraction of sp³-hybridized carbons (Fsp3) is 1.00. The Balaban J connectivity index is 2.30. The second kappa shape index (κ2) is 5.47. The molecule has 0 aromatic carbocycles. The van der Waals surface area contributed by atoms with Crippen LogP contribution in [-0.4, -0.2) is 44.2 Å². The molecule has 0 radical (unpaired) electrons. The standard InChI is InChI=1S/C11H23NO3S/c1-11(2,5-6-13)9-12-10-3-7-16(14,15)8-4-10/h10,12-13H,3-9H2,1-2H3. The number of nitrogens with one attached hydrogen (secondary N) is 1. The third-order valence-electron chi connectivity index (χ3n) is 3.21. The summed E-state index contributed by atoms with van der Waals surface area (Å²) in [5.74, 6) is 0.621. The van der Waals surface area contributed by atoms with Crippen molar-refractivity contribution in [1.29, 1.82) is 0 Å². The molecule has 0 amide bonds. The molecule has 0 atom stereocenters. The molecule has 1 fully saturated rings. The van der Waals surface area contributed by atoms with Crippen LogP contribution in [0.5, 0.6) is 0 Å². The summed E-state index contributed by atoms with van der Waals surface area (Å²) in [6.07, 6.45) is 2.21. The van der Waals surface area contributed by atoms with Crippen LogP contribution in [0.15, 0.2) is 0 Å². The summed E-state index contributed by atoms with van der Waals surface area (Å²) in [6, 6.07) is 0.321. The third kappa shape index (κ3) is 4.80. The van der Waals surface area contributed by atoms with Crippen LogP contribution in [0.25, 0.3) is 0 Å². The highest BCUT2D eigenvalue weighted by molar-refractivity contribution is 7.91. The molecular formula is C11H23NO3S. The van der Waals surface area contributed by atoms with Gasteiger partial charge in [-0.1, -0.05) is 13.8 Å². The highest BCUT2D eigenvalue weighted by Crippen LogP contribution is 2.20. The van der Waals surface area contributed by atoms with Crippen LogP contribution in [0.3, 0.4) is 0 Å². The Morgan fingerprint density at radius 2 is 1.88 bits per heavy atom. The van der Waals surface area contributed by atoms with Crippen molar-refractivity contribution in [3.63, 3.8) is 0 Å². The minimum atomic E-state index is -2.76. The maximum absolute atomic E-state index is 11.2. The number of sulfone groups is 1. The minimum Gasteiger partial charge on any atom is -0.396 e. The maximum Gasteiger partial charge on any atom is 0.150 e. The molecule has 4 nitrogen and oxygen atoms in total. The lowest BCUT2D eigenvalue weighted by atomic mass is 9.89. The van der Waals surface area contributed by atoms with Crippen molar-refractivity contribution in [3.05, 3.63) is 0 Å². The summed E-state index contributed by atoms with van der Waals surface area (Å²) in [5, 5.41) is 12.3. The lowest BCUT2D eigenvalue weighted by Crippen LogP contribution is -2.42. The fourth-order valence-electron chi connectivity index (χ4n) is 1.91. The molecule has 0 saturated carbocycles. The zero-order valence-corrected chi connectivity index (χ0v) is 11.0. The second-order valence-electron chi connectivity index (χ2n) is 5.44. The Labute approximate surface area is 98.4 Å². The Bertz CT molecular complexity index is 297. The molecule has 1 aliphatic rings. The average Bonchev–Trinajstić information content (AvgIpc) is 2.16. The molecule has 0 bridgehead atoms. The number of rotatable bonds is 5. The summed E-state index contributed by atoms with van der Waals surface area (Å²) in [6.45, 7) is 5.25. The molecule has 1 rings (SSSR count). The predicted octanol–water partition coefficient (Wildman–Crippen LogP) is 0.562. The molecule has 0 aliphatic carbocycles. The van der Waals surface area contributed by atoms with E-state index in [9.17, 15) is 8.42 Å². The van der Waals surface area contributed by atoms with E-state index >= 15 is 0 Å². The molecular weight excluding hydrogens is 226 g/mol. The Morgan fingerprint density at radius 3 is 2.38 bits per heavy atom. The van der Waals surface area contributed by atoms with E-state index in [1.807, 2.05) is 0 Å². The summed E-state index contributed by atoms with van der Waals surface area (Å²) in [4.78, 5) is 0. The second-order valence-corrected chi connectivity index (χ2v) is 7.75. The van der Waals surface area contributed by atoms with Crippen LogP contribution < -0.4 is 5.32 Å². The maximum atomic E-state index is 11.2. The summed E-state index contributed by atoms with van der Waals surface area (Å²) in [7, 11) is -2.76. The van der Waals surface area contributed by atoms with Crippen molar-refractivity contribution >= 4 is 9.84 Å². The van der Waals surface area contributed by atoms with Crippen LogP contribution in [0.1, 0.15) is 33.1 Å². The highest BCUT2D eigenvalue weighted by Gasteiger charge is 2.25. The number of hydrogen-bond donors (Lipinski definition) is 2. The Kier molecular flexibility index (Phi) is 4.76. The van der Waals surface area contributed by atoms with Crippen molar-refractivity contribution in [2.75, 3.05) is 24.7 Å². The van der Waals surface area contributed by atoms with Gasteiger partial charge in [0.15, 0.2) is 0 Å². The molecule has 16 heavy (non-hydrogen) atoms. The van der Waals surface area contributed by atoms with Gasteiger partial charge < -0.3 is 10.4 Å². The lowest BCUT2D eigenvalue weighted by molar-refractivity contribution is 0.201. The summed E-state index contributed by atoms with van der Waals surface area (Å²) in [5.41, 5.74) is 0.0745. The number of aliphatic hydroxyl groups excluding tert-OH is 1. The highest BCUT2D eigenvalue weighted by atomic mass is 32.2. The SMILES string of the molecule is CC(C)(CCO)CNC1CCS(=O)(=O)CC1. The van der Waals surface area contributed by atoms with E-state index in [1.165, 1.54) is 0 Å². The third-order valence-corrected chi connectivity index (χ3v) is 4.93. The van der Waals surface area contributed by atoms with Crippen LogP contribution in [0.4, 0.5) is 0 Å². The molecule has 1 aliphatic heterocycles. The topological polar surface area (TPSA) is 66.4 Å². The van der Waals surface area contributed by atoms with Gasteiger partial charge in [0.05, 0.1) is 11.5 Å². The molecule has 0 spiro atoms. The normalized spacial score (nSPS) is 22.2. The van der Waals surface area contributed by atoms with Crippen LogP contribution in [0.2, 0.25) is 0 Å².